The molecule has 152 valence electrons. The molecule has 1 aliphatic carbocycles. The van der Waals surface area contributed by atoms with Gasteiger partial charge in [-0.25, -0.2) is 0 Å². The van der Waals surface area contributed by atoms with E-state index in [4.69, 9.17) is 14.3 Å². The van der Waals surface area contributed by atoms with E-state index in [9.17, 15) is 19.8 Å². The number of rotatable bonds is 5. The van der Waals surface area contributed by atoms with Crippen LogP contribution in [0.25, 0.3) is 11.1 Å². The first-order valence-electron chi connectivity index (χ1n) is 9.19. The van der Waals surface area contributed by atoms with Crippen LogP contribution in [0.2, 0.25) is 0 Å². The van der Waals surface area contributed by atoms with E-state index in [0.717, 1.165) is 0 Å². The molecule has 2 atom stereocenters. The zero-order chi connectivity index (χ0) is 20.9. The van der Waals surface area contributed by atoms with Crippen molar-refractivity contribution in [1.29, 1.82) is 0 Å². The maximum Gasteiger partial charge on any atom is 0.224 e. The number of hydrogen-bond acceptors (Lipinski definition) is 7. The Kier molecular flexibility index (Phi) is 4.57. The highest BCUT2D eigenvalue weighted by atomic mass is 16.5. The summed E-state index contributed by atoms with van der Waals surface area (Å²) >= 11 is 0. The van der Waals surface area contributed by atoms with Gasteiger partial charge in [-0.2, -0.15) is 0 Å². The Morgan fingerprint density at radius 1 is 1.17 bits per heavy atom. The Hall–Kier alpha value is -2.94. The second-order valence-corrected chi connectivity index (χ2v) is 7.64. The molecule has 0 saturated heterocycles. The summed E-state index contributed by atoms with van der Waals surface area (Å²) in [5.41, 5.74) is 0.962. The normalized spacial score (nSPS) is 16.9. The summed E-state index contributed by atoms with van der Waals surface area (Å²) in [7, 11) is 0. The lowest BCUT2D eigenvalue weighted by Gasteiger charge is -2.30. The minimum atomic E-state index is -1.30. The lowest BCUT2D eigenvalue weighted by Crippen LogP contribution is -2.34. The molecule has 1 aliphatic rings. The van der Waals surface area contributed by atoms with Crippen LogP contribution in [0.15, 0.2) is 39.7 Å². The summed E-state index contributed by atoms with van der Waals surface area (Å²) in [4.78, 5) is 28.3. The predicted octanol–water partition coefficient (Wildman–Crippen LogP) is 1.08. The first-order chi connectivity index (χ1) is 13.8. The van der Waals surface area contributed by atoms with Gasteiger partial charge in [0, 0.05) is 23.2 Å². The SMILES string of the molecule is CC1(C)c2cc(OC[C@@H](O)[C@H](O)CO)ccc2C(=O)c2c1oc1c(=O)cc[nH]c21. The monoisotopic (exact) mass is 399 g/mol. The number of furan rings is 1. The van der Waals surface area contributed by atoms with Crippen LogP contribution in [-0.2, 0) is 5.41 Å². The molecule has 0 aliphatic heterocycles. The van der Waals surface area contributed by atoms with Gasteiger partial charge in [-0.1, -0.05) is 0 Å². The highest BCUT2D eigenvalue weighted by Crippen LogP contribution is 2.45. The molecular formula is C21H21NO7. The van der Waals surface area contributed by atoms with Gasteiger partial charge in [-0.05, 0) is 37.6 Å². The molecule has 4 rings (SSSR count). The van der Waals surface area contributed by atoms with Crippen LogP contribution in [0.1, 0.15) is 41.1 Å². The van der Waals surface area contributed by atoms with E-state index in [2.05, 4.69) is 4.98 Å². The van der Waals surface area contributed by atoms with E-state index < -0.39 is 24.2 Å². The van der Waals surface area contributed by atoms with Gasteiger partial charge in [0.25, 0.3) is 0 Å². The summed E-state index contributed by atoms with van der Waals surface area (Å²) in [6, 6.07) is 6.26. The molecular weight excluding hydrogens is 378 g/mol. The third kappa shape index (κ3) is 2.96. The van der Waals surface area contributed by atoms with Gasteiger partial charge in [-0.15, -0.1) is 0 Å². The number of carbonyl (C=O) groups excluding carboxylic acids is 1. The molecule has 0 unspecified atom stereocenters. The molecule has 29 heavy (non-hydrogen) atoms. The number of pyridine rings is 1. The third-order valence-electron chi connectivity index (χ3n) is 5.35. The van der Waals surface area contributed by atoms with Gasteiger partial charge in [0.05, 0.1) is 12.2 Å². The fraction of sp³-hybridized carbons (Fsp3) is 0.333. The zero-order valence-electron chi connectivity index (χ0n) is 15.9. The van der Waals surface area contributed by atoms with Gasteiger partial charge in [0.2, 0.25) is 5.43 Å². The van der Waals surface area contributed by atoms with Crippen LogP contribution in [0.3, 0.4) is 0 Å². The molecule has 2 aromatic heterocycles. The molecule has 0 saturated carbocycles. The van der Waals surface area contributed by atoms with Crippen LogP contribution in [0, 0.1) is 0 Å². The van der Waals surface area contributed by atoms with Crippen molar-refractivity contribution in [1.82, 2.24) is 4.98 Å². The van der Waals surface area contributed by atoms with Crippen molar-refractivity contribution in [3.8, 4) is 5.75 Å². The Labute approximate surface area is 165 Å². The van der Waals surface area contributed by atoms with Crippen LogP contribution >= 0.6 is 0 Å². The van der Waals surface area contributed by atoms with E-state index in [1.807, 2.05) is 13.8 Å². The average Bonchev–Trinajstić information content (AvgIpc) is 3.12. The second kappa shape index (κ2) is 6.84. The number of nitrogens with one attached hydrogen (secondary N) is 1. The number of carbonyl (C=O) groups is 1. The van der Waals surface area contributed by atoms with Crippen LogP contribution in [0.5, 0.6) is 5.75 Å². The second-order valence-electron chi connectivity index (χ2n) is 7.64. The summed E-state index contributed by atoms with van der Waals surface area (Å²) < 4.78 is 11.4. The lowest BCUT2D eigenvalue weighted by molar-refractivity contribution is -0.0339. The number of ketones is 1. The van der Waals surface area contributed by atoms with Crippen molar-refractivity contribution in [3.63, 3.8) is 0 Å². The summed E-state index contributed by atoms with van der Waals surface area (Å²) in [6.07, 6.45) is -1.07. The van der Waals surface area contributed by atoms with Gasteiger partial charge >= 0.3 is 0 Å². The first-order valence-corrected chi connectivity index (χ1v) is 9.19. The largest absolute Gasteiger partial charge is 0.491 e. The van der Waals surface area contributed by atoms with Crippen molar-refractivity contribution < 1.29 is 29.3 Å². The van der Waals surface area contributed by atoms with Gasteiger partial charge in [-0.3, -0.25) is 9.59 Å². The topological polar surface area (TPSA) is 133 Å². The Morgan fingerprint density at radius 3 is 2.66 bits per heavy atom. The number of fused-ring (bicyclic) bond motifs is 4. The standard InChI is InChI=1S/C21H21NO7/c1-21(2)12-7-10(28-9-15(26)14(25)8-23)3-4-11(12)18(27)16-17-19(29-20(16)21)13(24)5-6-22-17/h3-7,14-15,23,25-26H,8-9H2,1-2H3,(H,22,24)/t14-,15-/m1/s1. The van der Waals surface area contributed by atoms with Crippen molar-refractivity contribution in [3.05, 3.63) is 63.1 Å². The maximum absolute atomic E-state index is 13.2. The molecule has 2 heterocycles. The third-order valence-corrected chi connectivity index (χ3v) is 5.35. The fourth-order valence-corrected chi connectivity index (χ4v) is 3.68. The number of aromatic amines is 1. The number of aliphatic hydroxyl groups is 3. The minimum absolute atomic E-state index is 0.115. The van der Waals surface area contributed by atoms with E-state index in [0.29, 0.717) is 33.7 Å². The van der Waals surface area contributed by atoms with E-state index >= 15 is 0 Å². The van der Waals surface area contributed by atoms with E-state index in [1.165, 1.54) is 12.3 Å². The van der Waals surface area contributed by atoms with Crippen molar-refractivity contribution >= 4 is 16.9 Å². The average molecular weight is 399 g/mol. The highest BCUT2D eigenvalue weighted by Gasteiger charge is 2.42. The number of ether oxygens (including phenoxy) is 1. The van der Waals surface area contributed by atoms with Gasteiger partial charge < -0.3 is 29.5 Å². The molecule has 3 aromatic rings. The predicted molar refractivity (Wildman–Crippen MR) is 103 cm³/mol. The minimum Gasteiger partial charge on any atom is -0.491 e. The molecule has 8 heteroatoms. The summed E-state index contributed by atoms with van der Waals surface area (Å²) in [6.45, 7) is 2.97. The molecule has 8 nitrogen and oxygen atoms in total. The van der Waals surface area contributed by atoms with Crippen molar-refractivity contribution in [2.45, 2.75) is 31.5 Å². The molecule has 0 amide bonds. The van der Waals surface area contributed by atoms with Crippen molar-refractivity contribution in [2.75, 3.05) is 13.2 Å². The first kappa shape index (κ1) is 19.4. The summed E-state index contributed by atoms with van der Waals surface area (Å²) in [5, 5.41) is 28.1. The van der Waals surface area contributed by atoms with Crippen LogP contribution < -0.4 is 10.2 Å². The molecule has 4 N–H and O–H groups in total. The Balaban J connectivity index is 1.76. The summed E-state index contributed by atoms with van der Waals surface area (Å²) in [5.74, 6) is 0.541. The lowest BCUT2D eigenvalue weighted by atomic mass is 9.72. The molecule has 0 bridgehead atoms. The van der Waals surface area contributed by atoms with Crippen molar-refractivity contribution in [2.24, 2.45) is 0 Å². The fourth-order valence-electron chi connectivity index (χ4n) is 3.68. The van der Waals surface area contributed by atoms with E-state index in [1.54, 1.807) is 18.2 Å². The number of aliphatic hydroxyl groups excluding tert-OH is 3. The number of benzene rings is 1. The Bertz CT molecular complexity index is 1160. The van der Waals surface area contributed by atoms with Crippen LogP contribution in [-0.4, -0.2) is 51.5 Å². The number of hydrogen-bond donors (Lipinski definition) is 4. The molecule has 0 fully saturated rings. The zero-order valence-corrected chi connectivity index (χ0v) is 15.9. The maximum atomic E-state index is 13.2. The molecule has 0 radical (unpaired) electrons. The Morgan fingerprint density at radius 2 is 1.93 bits per heavy atom. The quantitative estimate of drug-likeness (QED) is 0.505. The van der Waals surface area contributed by atoms with Gasteiger partial charge in [0.1, 0.15) is 35.8 Å². The smallest absolute Gasteiger partial charge is 0.224 e. The molecule has 1 aromatic carbocycles. The van der Waals surface area contributed by atoms with Gasteiger partial charge in [0.15, 0.2) is 11.4 Å². The highest BCUT2D eigenvalue weighted by molar-refractivity contribution is 6.18. The van der Waals surface area contributed by atoms with E-state index in [-0.39, 0.29) is 23.4 Å². The number of H-pyrrole nitrogens is 1. The number of aromatic nitrogens is 1. The van der Waals surface area contributed by atoms with Crippen LogP contribution in [0.4, 0.5) is 0 Å². The molecule has 0 spiro atoms.